The molecular formula is C41H32N4. The molecule has 0 bridgehead atoms. The molecule has 7 rings (SSSR count). The quantitative estimate of drug-likeness (QED) is 0.133. The lowest BCUT2D eigenvalue weighted by atomic mass is 9.76. The summed E-state index contributed by atoms with van der Waals surface area (Å²) in [5, 5.41) is 14.2. The fourth-order valence-corrected chi connectivity index (χ4v) is 6.24. The van der Waals surface area contributed by atoms with E-state index in [4.69, 9.17) is 10.3 Å². The van der Waals surface area contributed by atoms with E-state index in [1.54, 1.807) is 0 Å². The molecule has 0 radical (unpaired) electrons. The van der Waals surface area contributed by atoms with Gasteiger partial charge < -0.3 is 0 Å². The van der Waals surface area contributed by atoms with Gasteiger partial charge >= 0.3 is 0 Å². The first-order valence-corrected chi connectivity index (χ1v) is 15.1. The minimum Gasteiger partial charge on any atom is -0.205 e. The molecule has 0 aliphatic heterocycles. The predicted octanol–water partition coefficient (Wildman–Crippen LogP) is 8.83. The molecule has 7 aromatic rings. The number of benzene rings is 6. The summed E-state index contributed by atoms with van der Waals surface area (Å²) < 4.78 is 2.02. The smallest absolute Gasteiger partial charge is 0.184 e. The van der Waals surface area contributed by atoms with Gasteiger partial charge in [-0.1, -0.05) is 181 Å². The molecule has 45 heavy (non-hydrogen) atoms. The maximum Gasteiger partial charge on any atom is 0.184 e. The van der Waals surface area contributed by atoms with Crippen molar-refractivity contribution in [3.8, 4) is 0 Å². The lowest BCUT2D eigenvalue weighted by molar-refractivity contribution is 0.442. The topological polar surface area (TPSA) is 43.6 Å². The minimum atomic E-state index is -0.877. The van der Waals surface area contributed by atoms with E-state index in [1.807, 2.05) is 35.0 Å². The van der Waals surface area contributed by atoms with Crippen LogP contribution in [0.4, 0.5) is 0 Å². The van der Waals surface area contributed by atoms with Gasteiger partial charge in [-0.3, -0.25) is 0 Å². The van der Waals surface area contributed by atoms with Gasteiger partial charge in [-0.15, -0.1) is 5.10 Å². The van der Waals surface area contributed by atoms with Crippen molar-refractivity contribution in [3.63, 3.8) is 0 Å². The standard InChI is InChI=1S/C41H32N4/c1-31-27-29-34(30-28-31)38(32-17-7-2-8-18-32)39(33-19-9-3-10-20-33)40-42-43-44-45(40)41(35-21-11-4-12-22-35,36-23-13-5-14-24-36)37-25-15-6-16-26-37/h2-30H,1H3. The Balaban J connectivity index is 1.65. The van der Waals surface area contributed by atoms with Crippen LogP contribution in [-0.4, -0.2) is 20.2 Å². The predicted molar refractivity (Wildman–Crippen MR) is 182 cm³/mol. The lowest BCUT2D eigenvalue weighted by Gasteiger charge is -2.36. The molecule has 0 fully saturated rings. The van der Waals surface area contributed by atoms with E-state index in [9.17, 15) is 0 Å². The maximum atomic E-state index is 4.87. The SMILES string of the molecule is Cc1ccc(C(=C(c2ccccc2)c2nnnn2C(c2ccccc2)(c2ccccc2)c2ccccc2)c2ccccc2)cc1. The summed E-state index contributed by atoms with van der Waals surface area (Å²) in [5.74, 6) is 0.664. The highest BCUT2D eigenvalue weighted by molar-refractivity contribution is 6.03. The largest absolute Gasteiger partial charge is 0.205 e. The van der Waals surface area contributed by atoms with E-state index >= 15 is 0 Å². The average Bonchev–Trinajstić information content (AvgIpc) is 3.60. The fourth-order valence-electron chi connectivity index (χ4n) is 6.24. The van der Waals surface area contributed by atoms with E-state index in [1.165, 1.54) is 5.56 Å². The van der Waals surface area contributed by atoms with E-state index in [-0.39, 0.29) is 0 Å². The second-order valence-corrected chi connectivity index (χ2v) is 11.1. The van der Waals surface area contributed by atoms with Crippen molar-refractivity contribution < 1.29 is 0 Å². The van der Waals surface area contributed by atoms with Gasteiger partial charge in [0.15, 0.2) is 5.82 Å². The van der Waals surface area contributed by atoms with Crippen LogP contribution in [0.2, 0.25) is 0 Å². The first-order valence-electron chi connectivity index (χ1n) is 15.1. The van der Waals surface area contributed by atoms with E-state index in [2.05, 4.69) is 158 Å². The maximum absolute atomic E-state index is 4.87. The molecule has 0 N–H and O–H groups in total. The van der Waals surface area contributed by atoms with Gasteiger partial charge in [-0.05, 0) is 50.7 Å². The van der Waals surface area contributed by atoms with Crippen LogP contribution in [0.25, 0.3) is 11.1 Å². The first kappa shape index (κ1) is 27.9. The first-order chi connectivity index (χ1) is 22.3. The Kier molecular flexibility index (Phi) is 7.69. The molecule has 0 spiro atoms. The van der Waals surface area contributed by atoms with E-state index in [0.717, 1.165) is 44.5 Å². The Morgan fingerprint density at radius 2 is 0.822 bits per heavy atom. The van der Waals surface area contributed by atoms with Crippen molar-refractivity contribution in [1.82, 2.24) is 20.2 Å². The Bertz CT molecular complexity index is 1920. The molecule has 6 aromatic carbocycles. The number of hydrogen-bond acceptors (Lipinski definition) is 3. The molecule has 1 heterocycles. The summed E-state index contributed by atoms with van der Waals surface area (Å²) in [4.78, 5) is 0. The van der Waals surface area contributed by atoms with Crippen molar-refractivity contribution in [1.29, 1.82) is 0 Å². The molecular weight excluding hydrogens is 548 g/mol. The third kappa shape index (κ3) is 5.17. The summed E-state index contributed by atoms with van der Waals surface area (Å²) in [6.45, 7) is 2.11. The molecule has 0 saturated heterocycles. The van der Waals surface area contributed by atoms with Gasteiger partial charge in [0.05, 0.1) is 0 Å². The van der Waals surface area contributed by atoms with Crippen molar-refractivity contribution >= 4 is 11.1 Å². The molecule has 0 amide bonds. The molecule has 0 aliphatic rings. The third-order valence-electron chi connectivity index (χ3n) is 8.30. The third-order valence-corrected chi connectivity index (χ3v) is 8.30. The minimum absolute atomic E-state index is 0.664. The number of hydrogen-bond donors (Lipinski definition) is 0. The number of aryl methyl sites for hydroxylation is 1. The van der Waals surface area contributed by atoms with Gasteiger partial charge in [-0.2, -0.15) is 0 Å². The Morgan fingerprint density at radius 1 is 0.444 bits per heavy atom. The van der Waals surface area contributed by atoms with Gasteiger partial charge in [0, 0.05) is 11.1 Å². The van der Waals surface area contributed by atoms with Crippen LogP contribution in [0.15, 0.2) is 176 Å². The second kappa shape index (κ2) is 12.4. The Labute approximate surface area is 264 Å². The number of nitrogens with zero attached hydrogens (tertiary/aromatic N) is 4. The highest BCUT2D eigenvalue weighted by atomic mass is 15.6. The molecule has 0 unspecified atom stereocenters. The number of aromatic nitrogens is 4. The molecule has 0 aliphatic carbocycles. The zero-order valence-corrected chi connectivity index (χ0v) is 25.0. The summed E-state index contributed by atoms with van der Waals surface area (Å²) in [6.07, 6.45) is 0. The fraction of sp³-hybridized carbons (Fsp3) is 0.0488. The average molecular weight is 581 g/mol. The van der Waals surface area contributed by atoms with Crippen LogP contribution in [-0.2, 0) is 5.54 Å². The monoisotopic (exact) mass is 580 g/mol. The van der Waals surface area contributed by atoms with Crippen molar-refractivity contribution in [2.75, 3.05) is 0 Å². The molecule has 4 heteroatoms. The highest BCUT2D eigenvalue weighted by Gasteiger charge is 2.42. The number of tetrazole rings is 1. The van der Waals surface area contributed by atoms with Crippen LogP contribution in [0.5, 0.6) is 0 Å². The van der Waals surface area contributed by atoms with Crippen LogP contribution in [0, 0.1) is 6.92 Å². The zero-order chi connectivity index (χ0) is 30.5. The Morgan fingerprint density at radius 3 is 1.27 bits per heavy atom. The summed E-state index contributed by atoms with van der Waals surface area (Å²) in [7, 11) is 0. The second-order valence-electron chi connectivity index (χ2n) is 11.1. The summed E-state index contributed by atoms with van der Waals surface area (Å²) in [5.41, 5.74) is 8.69. The molecule has 4 nitrogen and oxygen atoms in total. The van der Waals surface area contributed by atoms with Crippen molar-refractivity contribution in [3.05, 3.63) is 221 Å². The van der Waals surface area contributed by atoms with Gasteiger partial charge in [0.2, 0.25) is 0 Å². The molecule has 1 aromatic heterocycles. The van der Waals surface area contributed by atoms with Crippen LogP contribution in [0.1, 0.15) is 44.8 Å². The van der Waals surface area contributed by atoms with Crippen LogP contribution < -0.4 is 0 Å². The van der Waals surface area contributed by atoms with E-state index in [0.29, 0.717) is 5.82 Å². The number of rotatable bonds is 8. The van der Waals surface area contributed by atoms with Crippen LogP contribution >= 0.6 is 0 Å². The van der Waals surface area contributed by atoms with Crippen molar-refractivity contribution in [2.45, 2.75) is 12.5 Å². The van der Waals surface area contributed by atoms with Crippen LogP contribution in [0.3, 0.4) is 0 Å². The highest BCUT2D eigenvalue weighted by Crippen LogP contribution is 2.44. The molecule has 0 saturated carbocycles. The summed E-state index contributed by atoms with van der Waals surface area (Å²) >= 11 is 0. The van der Waals surface area contributed by atoms with Gasteiger partial charge in [0.25, 0.3) is 0 Å². The van der Waals surface area contributed by atoms with Gasteiger partial charge in [0.1, 0.15) is 5.54 Å². The van der Waals surface area contributed by atoms with E-state index < -0.39 is 5.54 Å². The molecule has 216 valence electrons. The normalized spacial score (nSPS) is 12.0. The van der Waals surface area contributed by atoms with Crippen molar-refractivity contribution in [2.24, 2.45) is 0 Å². The zero-order valence-electron chi connectivity index (χ0n) is 25.0. The lowest BCUT2D eigenvalue weighted by Crippen LogP contribution is -2.40. The summed E-state index contributed by atoms with van der Waals surface area (Å²) in [6, 6.07) is 61.3. The Hall–Kier alpha value is -5.87. The van der Waals surface area contributed by atoms with Gasteiger partial charge in [-0.25, -0.2) is 4.68 Å². The molecule has 0 atom stereocenters.